The third kappa shape index (κ3) is 3.82. The molecule has 1 aliphatic heterocycles. The Morgan fingerprint density at radius 3 is 2.70 bits per heavy atom. The fraction of sp³-hybridized carbons (Fsp3) is 0.421. The van der Waals surface area contributed by atoms with Crippen LogP contribution in [0.1, 0.15) is 36.3 Å². The molecule has 1 unspecified atom stereocenters. The van der Waals surface area contributed by atoms with E-state index in [1.54, 1.807) is 0 Å². The number of carbonyl (C=O) groups is 1. The molecule has 1 aromatic carbocycles. The van der Waals surface area contributed by atoms with Crippen LogP contribution >= 0.6 is 0 Å². The summed E-state index contributed by atoms with van der Waals surface area (Å²) in [5, 5.41) is 3.19. The molecule has 1 aromatic heterocycles. The number of hydrogen-bond donors (Lipinski definition) is 1. The van der Waals surface area contributed by atoms with Gasteiger partial charge in [-0.2, -0.15) is 0 Å². The van der Waals surface area contributed by atoms with Gasteiger partial charge in [-0.3, -0.25) is 9.69 Å². The van der Waals surface area contributed by atoms with Crippen molar-refractivity contribution in [3.8, 4) is 0 Å². The number of benzene rings is 1. The summed E-state index contributed by atoms with van der Waals surface area (Å²) in [6.07, 6.45) is 3.00. The van der Waals surface area contributed by atoms with E-state index in [9.17, 15) is 4.79 Å². The van der Waals surface area contributed by atoms with Gasteiger partial charge >= 0.3 is 0 Å². The van der Waals surface area contributed by atoms with Gasteiger partial charge in [-0.05, 0) is 38.0 Å². The minimum atomic E-state index is 0.0292. The summed E-state index contributed by atoms with van der Waals surface area (Å²) in [5.41, 5.74) is 1.93. The van der Waals surface area contributed by atoms with Crippen molar-refractivity contribution in [1.29, 1.82) is 0 Å². The van der Waals surface area contributed by atoms with E-state index in [1.807, 2.05) is 41.1 Å². The van der Waals surface area contributed by atoms with Gasteiger partial charge in [-0.1, -0.05) is 30.3 Å². The van der Waals surface area contributed by atoms with Crippen LogP contribution in [0.2, 0.25) is 0 Å². The van der Waals surface area contributed by atoms with Crippen LogP contribution in [0.4, 0.5) is 0 Å². The van der Waals surface area contributed by atoms with E-state index < -0.39 is 0 Å². The van der Waals surface area contributed by atoms with Gasteiger partial charge in [0.05, 0.1) is 0 Å². The maximum atomic E-state index is 12.6. The first-order valence-corrected chi connectivity index (χ1v) is 8.37. The summed E-state index contributed by atoms with van der Waals surface area (Å²) in [5.74, 6) is 0.0292. The van der Waals surface area contributed by atoms with E-state index in [2.05, 4.69) is 36.2 Å². The largest absolute Gasteiger partial charge is 0.347 e. The summed E-state index contributed by atoms with van der Waals surface area (Å²) in [4.78, 5) is 15.0. The van der Waals surface area contributed by atoms with Gasteiger partial charge < -0.3 is 9.88 Å². The lowest BCUT2D eigenvalue weighted by molar-refractivity contribution is 0.0928. The Kier molecular flexibility index (Phi) is 4.82. The maximum absolute atomic E-state index is 12.6. The molecular weight excluding hydrogens is 286 g/mol. The lowest BCUT2D eigenvalue weighted by Gasteiger charge is -2.20. The van der Waals surface area contributed by atoms with Crippen LogP contribution in [0, 0.1) is 0 Å². The molecule has 23 heavy (non-hydrogen) atoms. The lowest BCUT2D eigenvalue weighted by atomic mass is 10.2. The summed E-state index contributed by atoms with van der Waals surface area (Å²) >= 11 is 0. The van der Waals surface area contributed by atoms with Crippen LogP contribution in [0.25, 0.3) is 0 Å². The second-order valence-electron chi connectivity index (χ2n) is 6.55. The highest BCUT2D eigenvalue weighted by molar-refractivity contribution is 5.93. The highest BCUT2D eigenvalue weighted by Crippen LogP contribution is 2.14. The van der Waals surface area contributed by atoms with Crippen molar-refractivity contribution < 1.29 is 4.79 Å². The molecule has 1 aliphatic rings. The number of amides is 1. The molecule has 4 heteroatoms. The molecule has 0 saturated carbocycles. The van der Waals surface area contributed by atoms with E-state index in [4.69, 9.17) is 0 Å². The van der Waals surface area contributed by atoms with Crippen LogP contribution in [0.5, 0.6) is 0 Å². The van der Waals surface area contributed by atoms with E-state index >= 15 is 0 Å². The third-order valence-electron chi connectivity index (χ3n) is 4.54. The molecule has 3 rings (SSSR count). The van der Waals surface area contributed by atoms with Crippen LogP contribution in [0.15, 0.2) is 48.7 Å². The van der Waals surface area contributed by atoms with Crippen molar-refractivity contribution in [2.45, 2.75) is 38.9 Å². The SMILES string of the molecule is CC(C)N1CCC(NC(=O)c2cccn2Cc2ccccc2)C1. The van der Waals surface area contributed by atoms with E-state index in [1.165, 1.54) is 5.56 Å². The molecule has 0 spiro atoms. The molecule has 0 radical (unpaired) electrons. The van der Waals surface area contributed by atoms with Crippen molar-refractivity contribution >= 4 is 5.91 Å². The first-order chi connectivity index (χ1) is 11.1. The zero-order valence-corrected chi connectivity index (χ0v) is 13.9. The first kappa shape index (κ1) is 15.8. The molecule has 122 valence electrons. The standard InChI is InChI=1S/C19H25N3O/c1-15(2)21-12-10-17(14-21)20-19(23)18-9-6-11-22(18)13-16-7-4-3-5-8-16/h3-9,11,15,17H,10,12-14H2,1-2H3,(H,20,23). The average Bonchev–Trinajstić information content (AvgIpc) is 3.17. The Labute approximate surface area is 138 Å². The predicted octanol–water partition coefficient (Wildman–Crippen LogP) is 2.75. The Balaban J connectivity index is 1.64. The molecule has 1 amide bonds. The van der Waals surface area contributed by atoms with Gasteiger partial charge in [0.25, 0.3) is 5.91 Å². The molecule has 2 heterocycles. The number of likely N-dealkylation sites (tertiary alicyclic amines) is 1. The second kappa shape index (κ2) is 7.01. The highest BCUT2D eigenvalue weighted by Gasteiger charge is 2.26. The van der Waals surface area contributed by atoms with Crippen LogP contribution in [-0.4, -0.2) is 40.5 Å². The summed E-state index contributed by atoms with van der Waals surface area (Å²) < 4.78 is 2.01. The van der Waals surface area contributed by atoms with Crippen LogP contribution in [-0.2, 0) is 6.54 Å². The number of nitrogens with zero attached hydrogens (tertiary/aromatic N) is 2. The van der Waals surface area contributed by atoms with E-state index in [0.29, 0.717) is 6.04 Å². The van der Waals surface area contributed by atoms with Crippen molar-refractivity contribution in [2.75, 3.05) is 13.1 Å². The first-order valence-electron chi connectivity index (χ1n) is 8.37. The normalized spacial score (nSPS) is 18.5. The number of rotatable bonds is 5. The van der Waals surface area contributed by atoms with Gasteiger partial charge in [-0.25, -0.2) is 0 Å². The van der Waals surface area contributed by atoms with Crippen molar-refractivity contribution in [2.24, 2.45) is 0 Å². The zero-order valence-electron chi connectivity index (χ0n) is 13.9. The van der Waals surface area contributed by atoms with Crippen molar-refractivity contribution in [3.05, 3.63) is 59.9 Å². The second-order valence-corrected chi connectivity index (χ2v) is 6.55. The number of aromatic nitrogens is 1. The fourth-order valence-corrected chi connectivity index (χ4v) is 3.17. The van der Waals surface area contributed by atoms with E-state index in [0.717, 1.165) is 31.7 Å². The Hall–Kier alpha value is -2.07. The van der Waals surface area contributed by atoms with Gasteiger partial charge in [0.2, 0.25) is 0 Å². The molecule has 4 nitrogen and oxygen atoms in total. The molecular formula is C19H25N3O. The molecule has 2 aromatic rings. The molecule has 1 N–H and O–H groups in total. The Bertz CT molecular complexity index is 648. The summed E-state index contributed by atoms with van der Waals surface area (Å²) in [7, 11) is 0. The zero-order chi connectivity index (χ0) is 16.2. The van der Waals surface area contributed by atoms with Gasteiger partial charge in [0.15, 0.2) is 0 Å². The predicted molar refractivity (Wildman–Crippen MR) is 92.6 cm³/mol. The molecule has 1 atom stereocenters. The molecule has 1 fully saturated rings. The number of nitrogens with one attached hydrogen (secondary N) is 1. The average molecular weight is 311 g/mol. The minimum Gasteiger partial charge on any atom is -0.347 e. The van der Waals surface area contributed by atoms with E-state index in [-0.39, 0.29) is 11.9 Å². The van der Waals surface area contributed by atoms with Crippen molar-refractivity contribution in [3.63, 3.8) is 0 Å². The van der Waals surface area contributed by atoms with Crippen LogP contribution in [0.3, 0.4) is 0 Å². The van der Waals surface area contributed by atoms with Gasteiger partial charge in [0, 0.05) is 37.9 Å². The maximum Gasteiger partial charge on any atom is 0.268 e. The minimum absolute atomic E-state index is 0.0292. The van der Waals surface area contributed by atoms with Crippen LogP contribution < -0.4 is 5.32 Å². The molecule has 0 aliphatic carbocycles. The summed E-state index contributed by atoms with van der Waals surface area (Å²) in [6.45, 7) is 7.14. The quantitative estimate of drug-likeness (QED) is 0.922. The topological polar surface area (TPSA) is 37.3 Å². The van der Waals surface area contributed by atoms with Crippen molar-refractivity contribution in [1.82, 2.24) is 14.8 Å². The summed E-state index contributed by atoms with van der Waals surface area (Å²) in [6, 6.07) is 14.9. The fourth-order valence-electron chi connectivity index (χ4n) is 3.17. The van der Waals surface area contributed by atoms with Gasteiger partial charge in [-0.15, -0.1) is 0 Å². The Morgan fingerprint density at radius 1 is 1.22 bits per heavy atom. The lowest BCUT2D eigenvalue weighted by Crippen LogP contribution is -2.39. The monoisotopic (exact) mass is 311 g/mol. The number of carbonyl (C=O) groups excluding carboxylic acids is 1. The molecule has 0 bridgehead atoms. The Morgan fingerprint density at radius 2 is 2.00 bits per heavy atom. The highest BCUT2D eigenvalue weighted by atomic mass is 16.2. The van der Waals surface area contributed by atoms with Gasteiger partial charge in [0.1, 0.15) is 5.69 Å². The third-order valence-corrected chi connectivity index (χ3v) is 4.54. The number of hydrogen-bond acceptors (Lipinski definition) is 2. The smallest absolute Gasteiger partial charge is 0.268 e. The molecule has 1 saturated heterocycles.